The molecule has 3 aromatic carbocycles. The molecule has 0 aliphatic carbocycles. The van der Waals surface area contributed by atoms with Crippen molar-refractivity contribution in [2.45, 2.75) is 31.9 Å². The first kappa shape index (κ1) is 25.1. The molecule has 0 aliphatic rings. The normalized spacial score (nSPS) is 10.8. The molecule has 0 N–H and O–H groups in total. The summed E-state index contributed by atoms with van der Waals surface area (Å²) in [5.41, 5.74) is 6.00. The Kier molecular flexibility index (Phi) is 7.75. The molecule has 0 radical (unpaired) electrons. The highest BCUT2D eigenvalue weighted by atomic mass is 16.5. The second-order valence-corrected chi connectivity index (χ2v) is 9.17. The van der Waals surface area contributed by atoms with E-state index < -0.39 is 0 Å². The van der Waals surface area contributed by atoms with E-state index >= 15 is 0 Å². The largest absolute Gasteiger partial charge is 0.497 e. The first-order chi connectivity index (χ1) is 17.5. The Labute approximate surface area is 214 Å². The summed E-state index contributed by atoms with van der Waals surface area (Å²) in [6.45, 7) is 2.11. The molecule has 0 spiro atoms. The molecule has 0 amide bonds. The summed E-state index contributed by atoms with van der Waals surface area (Å²) in [6, 6.07) is 25.5. The van der Waals surface area contributed by atoms with E-state index in [4.69, 9.17) is 9.72 Å². The summed E-state index contributed by atoms with van der Waals surface area (Å²) >= 11 is 0. The van der Waals surface area contributed by atoms with Crippen LogP contribution in [0.4, 0.5) is 0 Å². The molecule has 0 atom stereocenters. The van der Waals surface area contributed by atoms with Crippen molar-refractivity contribution >= 4 is 15.7 Å². The number of nitrogens with zero attached hydrogens (tertiary/aromatic N) is 3. The predicted molar refractivity (Wildman–Crippen MR) is 150 cm³/mol. The van der Waals surface area contributed by atoms with Crippen molar-refractivity contribution in [3.8, 4) is 28.6 Å². The van der Waals surface area contributed by atoms with Gasteiger partial charge >= 0.3 is 0 Å². The van der Waals surface area contributed by atoms with Gasteiger partial charge in [0.1, 0.15) is 27.3 Å². The van der Waals surface area contributed by atoms with Gasteiger partial charge in [-0.05, 0) is 59.2 Å². The quantitative estimate of drug-likeness (QED) is 0.367. The van der Waals surface area contributed by atoms with Crippen LogP contribution in [0.15, 0.2) is 77.6 Å². The Morgan fingerprint density at radius 1 is 1.03 bits per heavy atom. The van der Waals surface area contributed by atoms with E-state index in [0.717, 1.165) is 58.1 Å². The minimum Gasteiger partial charge on any atom is -0.497 e. The van der Waals surface area contributed by atoms with E-state index in [2.05, 4.69) is 28.7 Å². The molecule has 0 unspecified atom stereocenters. The molecule has 36 heavy (non-hydrogen) atoms. The molecule has 0 aliphatic heterocycles. The maximum Gasteiger partial charge on any atom is 0.261 e. The highest BCUT2D eigenvalue weighted by molar-refractivity contribution is 6.35. The lowest BCUT2D eigenvalue weighted by Crippen LogP contribution is -2.31. The molecule has 0 saturated heterocycles. The summed E-state index contributed by atoms with van der Waals surface area (Å²) in [5.74, 6) is 1.51. The highest BCUT2D eigenvalue weighted by Crippen LogP contribution is 2.25. The van der Waals surface area contributed by atoms with Gasteiger partial charge in [-0.2, -0.15) is 5.26 Å². The third-order valence-electron chi connectivity index (χ3n) is 6.32. The summed E-state index contributed by atoms with van der Waals surface area (Å²) in [4.78, 5) is 19.0. The van der Waals surface area contributed by atoms with Gasteiger partial charge in [-0.25, -0.2) is 4.98 Å². The minimum absolute atomic E-state index is 0.0266. The van der Waals surface area contributed by atoms with Crippen molar-refractivity contribution in [3.63, 3.8) is 0 Å². The molecule has 4 rings (SSSR count). The number of hydrogen-bond acceptors (Lipinski definition) is 4. The number of aryl methyl sites for hydroxylation is 1. The maximum atomic E-state index is 14.0. The van der Waals surface area contributed by atoms with Gasteiger partial charge in [-0.1, -0.05) is 55.8 Å². The summed E-state index contributed by atoms with van der Waals surface area (Å²) in [7, 11) is 5.76. The standard InChI is InChI=1S/C29H29B2N3O2/c1-3-6-26-25(17-19-9-11-20(12-10-19)24-8-5-4-7-21(24)18-32)29(35)34(28(33-26)27(30)31)22-13-15-23(36-2)16-14-22/h4-5,7-16,27H,3,6,17,30-31H2,1-2H3. The van der Waals surface area contributed by atoms with Crippen LogP contribution < -0.4 is 10.3 Å². The Hall–Kier alpha value is -4.04. The average Bonchev–Trinajstić information content (AvgIpc) is 2.91. The van der Waals surface area contributed by atoms with E-state index in [0.29, 0.717) is 12.0 Å². The fourth-order valence-corrected chi connectivity index (χ4v) is 4.45. The molecule has 0 fully saturated rings. The number of nitriles is 1. The van der Waals surface area contributed by atoms with Gasteiger partial charge in [0.05, 0.1) is 30.1 Å². The van der Waals surface area contributed by atoms with E-state index in [1.165, 1.54) is 0 Å². The van der Waals surface area contributed by atoms with Crippen molar-refractivity contribution in [1.82, 2.24) is 9.55 Å². The Balaban J connectivity index is 1.78. The number of aromatic nitrogens is 2. The Bertz CT molecular complexity index is 1450. The van der Waals surface area contributed by atoms with Crippen LogP contribution in [0, 0.1) is 11.3 Å². The summed E-state index contributed by atoms with van der Waals surface area (Å²) < 4.78 is 7.05. The van der Waals surface area contributed by atoms with Crippen LogP contribution >= 0.6 is 0 Å². The van der Waals surface area contributed by atoms with Crippen LogP contribution in [0.25, 0.3) is 16.8 Å². The molecular weight excluding hydrogens is 444 g/mol. The van der Waals surface area contributed by atoms with Gasteiger partial charge in [0.15, 0.2) is 0 Å². The summed E-state index contributed by atoms with van der Waals surface area (Å²) in [5, 5.41) is 9.45. The van der Waals surface area contributed by atoms with Crippen LogP contribution in [0.5, 0.6) is 5.75 Å². The number of hydrogen-bond donors (Lipinski definition) is 0. The van der Waals surface area contributed by atoms with Gasteiger partial charge in [-0.15, -0.1) is 0 Å². The first-order valence-corrected chi connectivity index (χ1v) is 12.3. The van der Waals surface area contributed by atoms with Gasteiger partial charge in [-0.3, -0.25) is 9.36 Å². The van der Waals surface area contributed by atoms with Crippen LogP contribution in [0.3, 0.4) is 0 Å². The topological polar surface area (TPSA) is 67.9 Å². The summed E-state index contributed by atoms with van der Waals surface area (Å²) in [6.07, 6.45) is 2.16. The van der Waals surface area contributed by atoms with E-state index in [1.54, 1.807) is 11.7 Å². The Morgan fingerprint density at radius 2 is 1.72 bits per heavy atom. The average molecular weight is 473 g/mol. The third kappa shape index (κ3) is 5.13. The van der Waals surface area contributed by atoms with Crippen LogP contribution in [0.2, 0.25) is 0 Å². The fourth-order valence-electron chi connectivity index (χ4n) is 4.45. The van der Waals surface area contributed by atoms with E-state index in [9.17, 15) is 10.1 Å². The number of benzene rings is 3. The SMILES string of the molecule is BC(B)c1nc(CCC)c(Cc2ccc(-c3ccccc3C#N)cc2)c(=O)n1-c1ccc(OC)cc1. The van der Waals surface area contributed by atoms with E-state index in [-0.39, 0.29) is 11.3 Å². The molecular formula is C29H29B2N3O2. The van der Waals surface area contributed by atoms with Crippen LogP contribution in [-0.2, 0) is 12.8 Å². The van der Waals surface area contributed by atoms with Gasteiger partial charge in [0, 0.05) is 12.0 Å². The van der Waals surface area contributed by atoms with Crippen LogP contribution in [-0.4, -0.2) is 32.4 Å². The lowest BCUT2D eigenvalue weighted by molar-refractivity contribution is 0.414. The molecule has 1 aromatic heterocycles. The minimum atomic E-state index is -0.0266. The lowest BCUT2D eigenvalue weighted by atomic mass is 9.70. The molecule has 0 saturated carbocycles. The monoisotopic (exact) mass is 473 g/mol. The maximum absolute atomic E-state index is 14.0. The first-order valence-electron chi connectivity index (χ1n) is 12.3. The van der Waals surface area contributed by atoms with Crippen molar-refractivity contribution in [2.24, 2.45) is 0 Å². The molecule has 1 heterocycles. The molecule has 7 heteroatoms. The van der Waals surface area contributed by atoms with Crippen molar-refractivity contribution in [3.05, 3.63) is 111 Å². The van der Waals surface area contributed by atoms with Crippen molar-refractivity contribution in [1.29, 1.82) is 5.26 Å². The van der Waals surface area contributed by atoms with E-state index in [1.807, 2.05) is 72.8 Å². The lowest BCUT2D eigenvalue weighted by Gasteiger charge is -2.19. The zero-order chi connectivity index (χ0) is 25.7. The highest BCUT2D eigenvalue weighted by Gasteiger charge is 2.20. The molecule has 178 valence electrons. The fraction of sp³-hybridized carbons (Fsp3) is 0.207. The predicted octanol–water partition coefficient (Wildman–Crippen LogP) is 3.59. The zero-order valence-corrected chi connectivity index (χ0v) is 21.3. The second-order valence-electron chi connectivity index (χ2n) is 9.17. The van der Waals surface area contributed by atoms with Gasteiger partial charge < -0.3 is 4.74 Å². The smallest absolute Gasteiger partial charge is 0.261 e. The number of methoxy groups -OCH3 is 1. The van der Waals surface area contributed by atoms with Gasteiger partial charge in [0.25, 0.3) is 5.56 Å². The second kappa shape index (κ2) is 11.1. The van der Waals surface area contributed by atoms with Crippen molar-refractivity contribution < 1.29 is 4.74 Å². The van der Waals surface area contributed by atoms with Crippen LogP contribution in [0.1, 0.15) is 47.3 Å². The third-order valence-corrected chi connectivity index (χ3v) is 6.32. The Morgan fingerprint density at radius 3 is 2.33 bits per heavy atom. The number of rotatable bonds is 8. The molecule has 0 bridgehead atoms. The molecule has 4 aromatic rings. The number of ether oxygens (including phenoxy) is 1. The molecule has 5 nitrogen and oxygen atoms in total. The van der Waals surface area contributed by atoms with Crippen molar-refractivity contribution in [2.75, 3.05) is 7.11 Å². The van der Waals surface area contributed by atoms with Gasteiger partial charge in [0.2, 0.25) is 0 Å². The zero-order valence-electron chi connectivity index (χ0n) is 21.3.